The highest BCUT2D eigenvalue weighted by molar-refractivity contribution is 6.07. The van der Waals surface area contributed by atoms with Crippen LogP contribution in [-0.2, 0) is 6.54 Å². The Morgan fingerprint density at radius 1 is 0.929 bits per heavy atom. The second kappa shape index (κ2) is 11.9. The van der Waals surface area contributed by atoms with E-state index in [0.717, 1.165) is 43.5 Å². The second-order valence-corrected chi connectivity index (χ2v) is 11.5. The molecule has 6 rings (SSSR count). The van der Waals surface area contributed by atoms with Gasteiger partial charge in [0.2, 0.25) is 0 Å². The van der Waals surface area contributed by atoms with E-state index >= 15 is 0 Å². The van der Waals surface area contributed by atoms with Crippen molar-refractivity contribution in [3.63, 3.8) is 0 Å². The fraction of sp³-hybridized carbons (Fsp3) is 0.364. The van der Waals surface area contributed by atoms with Crippen LogP contribution < -0.4 is 21.1 Å². The molecule has 3 aromatic rings. The fourth-order valence-corrected chi connectivity index (χ4v) is 6.62. The molecule has 2 aliphatic heterocycles. The van der Waals surface area contributed by atoms with Gasteiger partial charge in [0, 0.05) is 49.4 Å². The van der Waals surface area contributed by atoms with E-state index < -0.39 is 23.1 Å². The molecule has 2 unspecified atom stereocenters. The Bertz CT molecular complexity index is 1590. The minimum Gasteiger partial charge on any atom is -0.369 e. The number of aromatic nitrogens is 1. The van der Waals surface area contributed by atoms with Crippen molar-refractivity contribution in [2.24, 2.45) is 5.92 Å². The predicted octanol–water partition coefficient (Wildman–Crippen LogP) is 5.62. The van der Waals surface area contributed by atoms with Crippen molar-refractivity contribution in [3.8, 4) is 0 Å². The zero-order chi connectivity index (χ0) is 29.2. The number of pyridine rings is 1. The fourth-order valence-electron chi connectivity index (χ4n) is 6.62. The van der Waals surface area contributed by atoms with Gasteiger partial charge in [-0.25, -0.2) is 8.78 Å². The number of carbonyl (C=O) groups excluding carboxylic acids is 2. The monoisotopic (exact) mass is 572 g/mol. The normalized spacial score (nSPS) is 19.5. The number of hydrogen-bond acceptors (Lipinski definition) is 4. The Kier molecular flexibility index (Phi) is 7.91. The summed E-state index contributed by atoms with van der Waals surface area (Å²) in [6.07, 6.45) is 8.51. The number of hydrogen-bond donors (Lipinski definition) is 2. The van der Waals surface area contributed by atoms with Crippen molar-refractivity contribution in [2.75, 3.05) is 29.9 Å². The molecule has 3 aliphatic rings. The molecule has 3 heterocycles. The number of rotatable bonds is 7. The number of amides is 2. The Morgan fingerprint density at radius 2 is 1.74 bits per heavy atom. The third kappa shape index (κ3) is 5.73. The number of carbonyl (C=O) groups is 2. The molecule has 0 saturated carbocycles. The van der Waals surface area contributed by atoms with Crippen molar-refractivity contribution in [1.82, 2.24) is 9.88 Å². The van der Waals surface area contributed by atoms with E-state index in [9.17, 15) is 23.2 Å². The average molecular weight is 573 g/mol. The predicted molar refractivity (Wildman–Crippen MR) is 158 cm³/mol. The van der Waals surface area contributed by atoms with Crippen LogP contribution >= 0.6 is 0 Å². The number of halogens is 2. The van der Waals surface area contributed by atoms with Crippen LogP contribution in [0.3, 0.4) is 0 Å². The van der Waals surface area contributed by atoms with E-state index in [2.05, 4.69) is 21.6 Å². The highest BCUT2D eigenvalue weighted by Gasteiger charge is 2.35. The van der Waals surface area contributed by atoms with Gasteiger partial charge in [-0.2, -0.15) is 0 Å². The molecule has 42 heavy (non-hydrogen) atoms. The zero-order valence-corrected chi connectivity index (χ0v) is 23.4. The van der Waals surface area contributed by atoms with Crippen LogP contribution in [0.1, 0.15) is 70.9 Å². The van der Waals surface area contributed by atoms with Crippen LogP contribution in [0.25, 0.3) is 0 Å². The van der Waals surface area contributed by atoms with Gasteiger partial charge in [0.1, 0.15) is 17.2 Å². The number of fused-ring (bicyclic) bond motifs is 4. The van der Waals surface area contributed by atoms with E-state index in [4.69, 9.17) is 0 Å². The summed E-state index contributed by atoms with van der Waals surface area (Å²) in [5.74, 6) is -2.82. The molecule has 1 fully saturated rings. The molecule has 1 aromatic heterocycles. The first-order valence-electron chi connectivity index (χ1n) is 14.7. The molecular formula is C33H34F2N4O3. The van der Waals surface area contributed by atoms with Gasteiger partial charge in [-0.05, 0) is 80.8 Å². The number of nitrogens with zero attached hydrogens (tertiary/aromatic N) is 2. The van der Waals surface area contributed by atoms with Crippen LogP contribution in [0.15, 0.2) is 71.0 Å². The maximum absolute atomic E-state index is 14.5. The summed E-state index contributed by atoms with van der Waals surface area (Å²) >= 11 is 0. The van der Waals surface area contributed by atoms with Crippen LogP contribution in [0, 0.1) is 17.6 Å². The molecule has 1 saturated heterocycles. The van der Waals surface area contributed by atoms with Gasteiger partial charge in [-0.15, -0.1) is 0 Å². The molecule has 1 aliphatic carbocycles. The molecular weight excluding hydrogens is 538 g/mol. The van der Waals surface area contributed by atoms with E-state index in [1.54, 1.807) is 30.3 Å². The lowest BCUT2D eigenvalue weighted by atomic mass is 9.83. The van der Waals surface area contributed by atoms with Crippen LogP contribution in [-0.4, -0.2) is 36.0 Å². The van der Waals surface area contributed by atoms with E-state index in [-0.39, 0.29) is 23.3 Å². The van der Waals surface area contributed by atoms with Gasteiger partial charge in [-0.3, -0.25) is 14.4 Å². The Balaban J connectivity index is 1.28. The summed E-state index contributed by atoms with van der Waals surface area (Å²) in [6.45, 7) is 2.33. The molecule has 2 aromatic carbocycles. The SMILES string of the molecule is O=C(NCCC1=CCCCC1)c1ccc(N2CC3CC(C2)c2cccc(=O)n2C3)c(NC(=O)c2c(F)cccc2F)c1. The van der Waals surface area contributed by atoms with Gasteiger partial charge in [0.15, 0.2) is 0 Å². The quantitative estimate of drug-likeness (QED) is 0.360. The maximum atomic E-state index is 14.5. The molecule has 2 atom stereocenters. The van der Waals surface area contributed by atoms with Gasteiger partial charge in [-0.1, -0.05) is 23.8 Å². The molecule has 2 bridgehead atoms. The molecule has 0 spiro atoms. The summed E-state index contributed by atoms with van der Waals surface area (Å²) in [5.41, 5.74) is 2.95. The zero-order valence-electron chi connectivity index (χ0n) is 23.4. The third-order valence-electron chi connectivity index (χ3n) is 8.63. The lowest BCUT2D eigenvalue weighted by Gasteiger charge is -2.44. The minimum atomic E-state index is -0.963. The summed E-state index contributed by atoms with van der Waals surface area (Å²) < 4.78 is 30.8. The van der Waals surface area contributed by atoms with Crippen molar-refractivity contribution in [2.45, 2.75) is 51.0 Å². The Hall–Kier alpha value is -4.27. The first-order valence-corrected chi connectivity index (χ1v) is 14.7. The first kappa shape index (κ1) is 27.9. The summed E-state index contributed by atoms with van der Waals surface area (Å²) in [4.78, 5) is 40.9. The first-order chi connectivity index (χ1) is 20.4. The van der Waals surface area contributed by atoms with Crippen LogP contribution in [0.4, 0.5) is 20.2 Å². The highest BCUT2D eigenvalue weighted by atomic mass is 19.1. The van der Waals surface area contributed by atoms with Gasteiger partial charge in [0.05, 0.1) is 11.4 Å². The Labute approximate surface area is 243 Å². The third-order valence-corrected chi connectivity index (χ3v) is 8.63. The highest BCUT2D eigenvalue weighted by Crippen LogP contribution is 2.39. The van der Waals surface area contributed by atoms with Gasteiger partial charge < -0.3 is 20.1 Å². The smallest absolute Gasteiger partial charge is 0.261 e. The average Bonchev–Trinajstić information content (AvgIpc) is 2.98. The lowest BCUT2D eigenvalue weighted by molar-refractivity contribution is 0.0952. The minimum absolute atomic E-state index is 0.00865. The number of nitrogens with one attached hydrogen (secondary N) is 2. The van der Waals surface area contributed by atoms with E-state index in [1.165, 1.54) is 24.5 Å². The van der Waals surface area contributed by atoms with Crippen LogP contribution in [0.2, 0.25) is 0 Å². The second-order valence-electron chi connectivity index (χ2n) is 11.5. The molecule has 2 amide bonds. The number of allylic oxidation sites excluding steroid dienone is 1. The van der Waals surface area contributed by atoms with Gasteiger partial charge in [0.25, 0.3) is 17.4 Å². The van der Waals surface area contributed by atoms with Crippen LogP contribution in [0.5, 0.6) is 0 Å². The van der Waals surface area contributed by atoms with E-state index in [0.29, 0.717) is 43.1 Å². The lowest BCUT2D eigenvalue weighted by Crippen LogP contribution is -2.47. The van der Waals surface area contributed by atoms with Crippen molar-refractivity contribution in [1.29, 1.82) is 0 Å². The molecule has 218 valence electrons. The topological polar surface area (TPSA) is 83.4 Å². The molecule has 9 heteroatoms. The molecule has 2 N–H and O–H groups in total. The molecule has 0 radical (unpaired) electrons. The van der Waals surface area contributed by atoms with E-state index in [1.807, 2.05) is 10.6 Å². The van der Waals surface area contributed by atoms with Gasteiger partial charge >= 0.3 is 0 Å². The van der Waals surface area contributed by atoms with Crippen molar-refractivity contribution in [3.05, 3.63) is 105 Å². The van der Waals surface area contributed by atoms with Crippen molar-refractivity contribution < 1.29 is 18.4 Å². The summed E-state index contributed by atoms with van der Waals surface area (Å²) in [6, 6.07) is 13.7. The van der Waals surface area contributed by atoms with Crippen molar-refractivity contribution >= 4 is 23.2 Å². The largest absolute Gasteiger partial charge is 0.369 e. The standard InChI is InChI=1S/C33H34F2N4O3/c34-25-8-4-9-26(35)31(25)33(42)37-27-17-23(32(41)36-15-14-21-6-2-1-3-7-21)12-13-29(27)38-18-22-16-24(20-38)28-10-5-11-30(40)39(28)19-22/h4-6,8-13,17,22,24H,1-3,7,14-16,18-20H2,(H,36,41)(H,37,42). The Morgan fingerprint density at radius 3 is 2.52 bits per heavy atom. The summed E-state index contributed by atoms with van der Waals surface area (Å²) in [7, 11) is 0. The molecule has 7 nitrogen and oxygen atoms in total. The number of anilines is 2. The number of piperidine rings is 1. The summed E-state index contributed by atoms with van der Waals surface area (Å²) in [5, 5.41) is 5.66. The maximum Gasteiger partial charge on any atom is 0.261 e. The number of benzene rings is 2.